The summed E-state index contributed by atoms with van der Waals surface area (Å²) in [6.45, 7) is 5.97. The number of anilines is 2. The number of rotatable bonds is 1. The summed E-state index contributed by atoms with van der Waals surface area (Å²) in [7, 11) is 2.15. The summed E-state index contributed by atoms with van der Waals surface area (Å²) in [5.41, 5.74) is 3.26. The lowest BCUT2D eigenvalue weighted by Crippen LogP contribution is -2.45. The number of hydrogen-bond donors (Lipinski definition) is 1. The van der Waals surface area contributed by atoms with Gasteiger partial charge in [0.05, 0.1) is 0 Å². The van der Waals surface area contributed by atoms with Crippen LogP contribution in [0.25, 0.3) is 0 Å². The van der Waals surface area contributed by atoms with Crippen molar-refractivity contribution in [3.8, 4) is 0 Å². The molecule has 0 saturated carbocycles. The molecule has 2 aliphatic rings. The molecule has 0 aromatic carbocycles. The van der Waals surface area contributed by atoms with Gasteiger partial charge in [0.15, 0.2) is 5.82 Å². The van der Waals surface area contributed by atoms with E-state index in [1.807, 2.05) is 11.6 Å². The number of nitrogens with one attached hydrogen (secondary N) is 1. The van der Waals surface area contributed by atoms with Crippen LogP contribution in [0, 0.1) is 6.92 Å². The van der Waals surface area contributed by atoms with Crippen molar-refractivity contribution in [3.05, 3.63) is 12.2 Å². The van der Waals surface area contributed by atoms with Gasteiger partial charge in [-0.2, -0.15) is 0 Å². The van der Waals surface area contributed by atoms with E-state index in [2.05, 4.69) is 42.4 Å². The smallest absolute Gasteiger partial charge is 0.215 e. The Bertz CT molecular complexity index is 676. The molecule has 1 N–H and O–H groups in total. The van der Waals surface area contributed by atoms with Gasteiger partial charge in [-0.3, -0.25) is 5.43 Å². The zero-order valence-corrected chi connectivity index (χ0v) is 12.8. The first kappa shape index (κ1) is 12.8. The molecular formula is C12H16N8S. The first-order valence-electron chi connectivity index (χ1n) is 6.88. The molecule has 0 aliphatic carbocycles. The van der Waals surface area contributed by atoms with Crippen LogP contribution in [0.2, 0.25) is 0 Å². The minimum atomic E-state index is 0.819. The summed E-state index contributed by atoms with van der Waals surface area (Å²) in [4.78, 5) is 14.5. The average molecular weight is 304 g/mol. The lowest BCUT2D eigenvalue weighted by molar-refractivity contribution is 0.311. The van der Waals surface area contributed by atoms with Crippen LogP contribution in [0.1, 0.15) is 5.82 Å². The van der Waals surface area contributed by atoms with E-state index in [9.17, 15) is 0 Å². The van der Waals surface area contributed by atoms with Crippen LogP contribution in [-0.2, 0) is 0 Å². The number of nitrogens with zero attached hydrogens (tertiary/aromatic N) is 7. The van der Waals surface area contributed by atoms with Crippen molar-refractivity contribution < 1.29 is 0 Å². The Morgan fingerprint density at radius 3 is 2.76 bits per heavy atom. The van der Waals surface area contributed by atoms with E-state index < -0.39 is 0 Å². The Kier molecular flexibility index (Phi) is 2.96. The summed E-state index contributed by atoms with van der Waals surface area (Å²) in [5.74, 6) is 2.62. The van der Waals surface area contributed by atoms with Crippen molar-refractivity contribution in [1.82, 2.24) is 29.7 Å². The highest BCUT2D eigenvalue weighted by molar-refractivity contribution is 7.99. The van der Waals surface area contributed by atoms with Gasteiger partial charge in [0.1, 0.15) is 22.9 Å². The first-order valence-corrected chi connectivity index (χ1v) is 7.69. The largest absolute Gasteiger partial charge is 0.353 e. The Balaban J connectivity index is 1.69. The molecule has 1 fully saturated rings. The second kappa shape index (κ2) is 4.85. The summed E-state index contributed by atoms with van der Waals surface area (Å²) in [5, 5.41) is 9.10. The molecule has 0 unspecified atom stereocenters. The highest BCUT2D eigenvalue weighted by Crippen LogP contribution is 2.41. The molecule has 2 aromatic rings. The molecule has 8 nitrogen and oxygen atoms in total. The molecule has 21 heavy (non-hydrogen) atoms. The van der Waals surface area contributed by atoms with Gasteiger partial charge in [-0.1, -0.05) is 0 Å². The van der Waals surface area contributed by atoms with Gasteiger partial charge in [0, 0.05) is 26.2 Å². The molecule has 2 aromatic heterocycles. The normalized spacial score (nSPS) is 18.1. The fourth-order valence-electron chi connectivity index (χ4n) is 2.52. The van der Waals surface area contributed by atoms with Crippen molar-refractivity contribution in [2.45, 2.75) is 17.0 Å². The molecule has 2 aliphatic heterocycles. The fraction of sp³-hybridized carbons (Fsp3) is 0.500. The van der Waals surface area contributed by atoms with E-state index in [0.717, 1.165) is 53.7 Å². The highest BCUT2D eigenvalue weighted by Gasteiger charge is 2.27. The van der Waals surface area contributed by atoms with E-state index in [4.69, 9.17) is 0 Å². The maximum Gasteiger partial charge on any atom is 0.215 e. The van der Waals surface area contributed by atoms with E-state index in [-0.39, 0.29) is 0 Å². The van der Waals surface area contributed by atoms with Crippen LogP contribution < -0.4 is 10.3 Å². The molecule has 0 spiro atoms. The molecule has 0 atom stereocenters. The summed E-state index contributed by atoms with van der Waals surface area (Å²) in [6, 6.07) is 0. The molecule has 4 rings (SSSR count). The third-order valence-electron chi connectivity index (χ3n) is 3.79. The Morgan fingerprint density at radius 1 is 1.14 bits per heavy atom. The Morgan fingerprint density at radius 2 is 1.95 bits per heavy atom. The SMILES string of the molecule is Cc1nnc2n1Nc1ncnc(N3CCN(C)CC3)c1S2. The Labute approximate surface area is 126 Å². The minimum absolute atomic E-state index is 0.819. The third-order valence-corrected chi connectivity index (χ3v) is 4.82. The summed E-state index contributed by atoms with van der Waals surface area (Å²) < 4.78 is 1.85. The number of aryl methyl sites for hydroxylation is 1. The van der Waals surface area contributed by atoms with Gasteiger partial charge in [0.25, 0.3) is 0 Å². The number of hydrogen-bond acceptors (Lipinski definition) is 8. The van der Waals surface area contributed by atoms with E-state index in [0.29, 0.717) is 0 Å². The fourth-order valence-corrected chi connectivity index (χ4v) is 3.52. The minimum Gasteiger partial charge on any atom is -0.353 e. The van der Waals surface area contributed by atoms with Crippen LogP contribution in [0.5, 0.6) is 0 Å². The predicted molar refractivity (Wildman–Crippen MR) is 79.6 cm³/mol. The number of aromatic nitrogens is 5. The van der Waals surface area contributed by atoms with Gasteiger partial charge in [-0.05, 0) is 25.7 Å². The quantitative estimate of drug-likeness (QED) is 0.695. The second-order valence-electron chi connectivity index (χ2n) is 5.24. The summed E-state index contributed by atoms with van der Waals surface area (Å²) >= 11 is 1.57. The van der Waals surface area contributed by atoms with Crippen molar-refractivity contribution in [3.63, 3.8) is 0 Å². The number of piperazine rings is 1. The van der Waals surface area contributed by atoms with Crippen molar-refractivity contribution >= 4 is 23.4 Å². The van der Waals surface area contributed by atoms with Crippen LogP contribution in [0.4, 0.5) is 11.6 Å². The summed E-state index contributed by atoms with van der Waals surface area (Å²) in [6.07, 6.45) is 1.62. The topological polar surface area (TPSA) is 75.0 Å². The molecule has 0 bridgehead atoms. The lowest BCUT2D eigenvalue weighted by atomic mass is 10.3. The number of likely N-dealkylation sites (N-methyl/N-ethyl adjacent to an activating group) is 1. The molecule has 110 valence electrons. The van der Waals surface area contributed by atoms with E-state index >= 15 is 0 Å². The van der Waals surface area contributed by atoms with Gasteiger partial charge in [0.2, 0.25) is 5.16 Å². The standard InChI is InChI=1S/C12H16N8S/c1-8-15-16-12-20(8)17-10-9(21-12)11(14-7-13-10)19-5-3-18(2)4-6-19/h7H,3-6H2,1-2H3,(H,13,14,17). The van der Waals surface area contributed by atoms with Gasteiger partial charge in [-0.25, -0.2) is 14.6 Å². The number of fused-ring (bicyclic) bond motifs is 2. The third kappa shape index (κ3) is 2.12. The van der Waals surface area contributed by atoms with Gasteiger partial charge >= 0.3 is 0 Å². The average Bonchev–Trinajstić information content (AvgIpc) is 2.86. The van der Waals surface area contributed by atoms with E-state index in [1.165, 1.54) is 0 Å². The molecular weight excluding hydrogens is 288 g/mol. The maximum atomic E-state index is 4.50. The van der Waals surface area contributed by atoms with Crippen LogP contribution >= 0.6 is 11.8 Å². The predicted octanol–water partition coefficient (Wildman–Crippen LogP) is 0.468. The van der Waals surface area contributed by atoms with Crippen molar-refractivity contribution in [1.29, 1.82) is 0 Å². The first-order chi connectivity index (χ1) is 10.2. The maximum absolute atomic E-state index is 4.50. The van der Waals surface area contributed by atoms with Crippen LogP contribution in [-0.4, -0.2) is 63.0 Å². The molecule has 0 radical (unpaired) electrons. The zero-order valence-electron chi connectivity index (χ0n) is 11.9. The van der Waals surface area contributed by atoms with Crippen LogP contribution in [0.3, 0.4) is 0 Å². The molecule has 0 amide bonds. The Hall–Kier alpha value is -1.87. The molecule has 1 saturated heterocycles. The van der Waals surface area contributed by atoms with Crippen LogP contribution in [0.15, 0.2) is 16.4 Å². The molecule has 9 heteroatoms. The zero-order chi connectivity index (χ0) is 14.4. The van der Waals surface area contributed by atoms with Crippen molar-refractivity contribution in [2.24, 2.45) is 0 Å². The monoisotopic (exact) mass is 304 g/mol. The van der Waals surface area contributed by atoms with Crippen molar-refractivity contribution in [2.75, 3.05) is 43.6 Å². The van der Waals surface area contributed by atoms with Gasteiger partial charge in [-0.15, -0.1) is 10.2 Å². The lowest BCUT2D eigenvalue weighted by Gasteiger charge is -2.34. The highest BCUT2D eigenvalue weighted by atomic mass is 32.2. The molecule has 4 heterocycles. The van der Waals surface area contributed by atoms with Gasteiger partial charge < -0.3 is 9.80 Å². The van der Waals surface area contributed by atoms with E-state index in [1.54, 1.807) is 18.1 Å². The second-order valence-corrected chi connectivity index (χ2v) is 6.22.